The number of amides is 2. The first-order chi connectivity index (χ1) is 17.9. The van der Waals surface area contributed by atoms with Crippen molar-refractivity contribution in [2.24, 2.45) is 11.7 Å². The molecule has 0 bridgehead atoms. The van der Waals surface area contributed by atoms with Gasteiger partial charge in [0.05, 0.1) is 4.47 Å². The standard InChI is InChI=1S/C29H39BrN4O3/c1-21(29(31)36)7-10-28(35)32-24-11-14-34(20-24)19-23-8-9-27(26(30)17-23)37-25-12-15-33(16-13-25)18-22-5-3-2-4-6-22/h2-6,8-9,17,21,24-25H,7,10-16,18-20H2,1H3,(H2,31,36)(H,32,35)/t21-,24-/m0/s1. The van der Waals surface area contributed by atoms with Crippen molar-refractivity contribution in [3.63, 3.8) is 0 Å². The van der Waals surface area contributed by atoms with E-state index < -0.39 is 0 Å². The molecule has 2 atom stereocenters. The van der Waals surface area contributed by atoms with Crippen molar-refractivity contribution in [3.05, 3.63) is 64.1 Å². The van der Waals surface area contributed by atoms with Crippen molar-refractivity contribution >= 4 is 27.7 Å². The molecular formula is C29H39BrN4O3. The molecule has 7 nitrogen and oxygen atoms in total. The molecule has 0 spiro atoms. The Hall–Kier alpha value is -2.42. The molecule has 4 rings (SSSR count). The molecule has 8 heteroatoms. The van der Waals surface area contributed by atoms with E-state index in [-0.39, 0.29) is 29.9 Å². The highest BCUT2D eigenvalue weighted by atomic mass is 79.9. The largest absolute Gasteiger partial charge is 0.489 e. The Kier molecular flexibility index (Phi) is 10.00. The van der Waals surface area contributed by atoms with Crippen LogP contribution in [0.25, 0.3) is 0 Å². The van der Waals surface area contributed by atoms with Gasteiger partial charge in [-0.25, -0.2) is 0 Å². The van der Waals surface area contributed by atoms with Gasteiger partial charge in [0.15, 0.2) is 0 Å². The summed E-state index contributed by atoms with van der Waals surface area (Å²) in [7, 11) is 0. The Morgan fingerprint density at radius 1 is 1.03 bits per heavy atom. The average molecular weight is 572 g/mol. The van der Waals surface area contributed by atoms with Crippen LogP contribution in [0.2, 0.25) is 0 Å². The minimum Gasteiger partial charge on any atom is -0.489 e. The molecule has 0 saturated carbocycles. The van der Waals surface area contributed by atoms with Gasteiger partial charge in [-0.2, -0.15) is 0 Å². The second-order valence-electron chi connectivity index (χ2n) is 10.5. The SMILES string of the molecule is C[C@@H](CCC(=O)N[C@H]1CCN(Cc2ccc(OC3CCN(Cc4ccccc4)CC3)c(Br)c2)C1)C(N)=O. The number of hydrogen-bond donors (Lipinski definition) is 2. The molecule has 0 radical (unpaired) electrons. The number of halogens is 1. The highest BCUT2D eigenvalue weighted by Crippen LogP contribution is 2.30. The summed E-state index contributed by atoms with van der Waals surface area (Å²) in [5.74, 6) is 0.271. The lowest BCUT2D eigenvalue weighted by Gasteiger charge is -2.32. The Bertz CT molecular complexity index is 1040. The first kappa shape index (κ1) is 27.6. The first-order valence-corrected chi connectivity index (χ1v) is 14.2. The molecule has 2 aliphatic rings. The van der Waals surface area contributed by atoms with Gasteiger partial charge in [0, 0.05) is 57.6 Å². The van der Waals surface area contributed by atoms with Gasteiger partial charge >= 0.3 is 0 Å². The van der Waals surface area contributed by atoms with Crippen molar-refractivity contribution in [1.29, 1.82) is 0 Å². The van der Waals surface area contributed by atoms with E-state index in [2.05, 4.69) is 79.6 Å². The normalized spacial score (nSPS) is 20.0. The zero-order chi connectivity index (χ0) is 26.2. The number of nitrogens with two attached hydrogens (primary N) is 1. The summed E-state index contributed by atoms with van der Waals surface area (Å²) >= 11 is 3.72. The Labute approximate surface area is 228 Å². The molecule has 0 aliphatic carbocycles. The van der Waals surface area contributed by atoms with E-state index in [9.17, 15) is 9.59 Å². The van der Waals surface area contributed by atoms with E-state index in [0.717, 1.165) is 68.8 Å². The van der Waals surface area contributed by atoms with Crippen molar-refractivity contribution < 1.29 is 14.3 Å². The molecule has 37 heavy (non-hydrogen) atoms. The highest BCUT2D eigenvalue weighted by Gasteiger charge is 2.25. The van der Waals surface area contributed by atoms with Crippen molar-refractivity contribution in [1.82, 2.24) is 15.1 Å². The molecule has 2 saturated heterocycles. The minimum atomic E-state index is -0.355. The van der Waals surface area contributed by atoms with Crippen LogP contribution in [0.4, 0.5) is 0 Å². The highest BCUT2D eigenvalue weighted by molar-refractivity contribution is 9.10. The molecule has 2 aliphatic heterocycles. The van der Waals surface area contributed by atoms with Crippen molar-refractivity contribution in [2.75, 3.05) is 26.2 Å². The first-order valence-electron chi connectivity index (χ1n) is 13.4. The van der Waals surface area contributed by atoms with E-state index in [1.807, 2.05) is 0 Å². The van der Waals surface area contributed by atoms with Crippen LogP contribution in [0.15, 0.2) is 53.0 Å². The second-order valence-corrected chi connectivity index (χ2v) is 11.3. The van der Waals surface area contributed by atoms with Gasteiger partial charge in [-0.15, -0.1) is 0 Å². The summed E-state index contributed by atoms with van der Waals surface area (Å²) < 4.78 is 7.35. The maximum absolute atomic E-state index is 12.2. The predicted molar refractivity (Wildman–Crippen MR) is 149 cm³/mol. The number of primary amides is 1. The van der Waals surface area contributed by atoms with Gasteiger partial charge in [-0.05, 0) is 64.9 Å². The van der Waals surface area contributed by atoms with Crippen LogP contribution < -0.4 is 15.8 Å². The fraction of sp³-hybridized carbons (Fsp3) is 0.517. The minimum absolute atomic E-state index is 0.00454. The number of hydrogen-bond acceptors (Lipinski definition) is 5. The van der Waals surface area contributed by atoms with Crippen LogP contribution in [0, 0.1) is 5.92 Å². The number of carbonyl (C=O) groups excluding carboxylic acids is 2. The van der Waals surface area contributed by atoms with E-state index in [4.69, 9.17) is 10.5 Å². The molecule has 2 heterocycles. The second kappa shape index (κ2) is 13.4. The maximum Gasteiger partial charge on any atom is 0.220 e. The summed E-state index contributed by atoms with van der Waals surface area (Å²) in [6, 6.07) is 17.2. The summed E-state index contributed by atoms with van der Waals surface area (Å²) in [5, 5.41) is 3.11. The van der Waals surface area contributed by atoms with Crippen LogP contribution >= 0.6 is 15.9 Å². The molecule has 2 aromatic carbocycles. The van der Waals surface area contributed by atoms with Gasteiger partial charge in [0.1, 0.15) is 11.9 Å². The lowest BCUT2D eigenvalue weighted by molar-refractivity contribution is -0.123. The number of piperidine rings is 1. The molecule has 3 N–H and O–H groups in total. The van der Waals surface area contributed by atoms with Crippen molar-refractivity contribution in [2.45, 2.75) is 64.3 Å². The Morgan fingerprint density at radius 3 is 2.43 bits per heavy atom. The van der Waals surface area contributed by atoms with E-state index in [1.165, 1.54) is 11.1 Å². The summed E-state index contributed by atoms with van der Waals surface area (Å²) in [6.07, 6.45) is 4.06. The van der Waals surface area contributed by atoms with Crippen LogP contribution in [0.3, 0.4) is 0 Å². The summed E-state index contributed by atoms with van der Waals surface area (Å²) in [5.41, 5.74) is 7.87. The van der Waals surface area contributed by atoms with Gasteiger partial charge in [0.2, 0.25) is 11.8 Å². The number of benzene rings is 2. The topological polar surface area (TPSA) is 87.9 Å². The zero-order valence-electron chi connectivity index (χ0n) is 21.7. The van der Waals surface area contributed by atoms with Gasteiger partial charge in [-0.3, -0.25) is 19.4 Å². The molecule has 200 valence electrons. The number of ether oxygens (including phenoxy) is 1. The quantitative estimate of drug-likeness (QED) is 0.425. The monoisotopic (exact) mass is 570 g/mol. The average Bonchev–Trinajstić information content (AvgIpc) is 3.32. The molecule has 0 aromatic heterocycles. The summed E-state index contributed by atoms with van der Waals surface area (Å²) in [6.45, 7) is 7.47. The van der Waals surface area contributed by atoms with E-state index in [1.54, 1.807) is 6.92 Å². The van der Waals surface area contributed by atoms with Gasteiger partial charge in [0.25, 0.3) is 0 Å². The van der Waals surface area contributed by atoms with Gasteiger partial charge in [-0.1, -0.05) is 43.3 Å². The fourth-order valence-electron chi connectivity index (χ4n) is 5.09. The van der Waals surface area contributed by atoms with E-state index in [0.29, 0.717) is 12.8 Å². The van der Waals surface area contributed by atoms with Crippen molar-refractivity contribution in [3.8, 4) is 5.75 Å². The molecule has 2 amide bonds. The molecule has 2 fully saturated rings. The van der Waals surface area contributed by atoms with Crippen LogP contribution in [0.5, 0.6) is 5.75 Å². The lowest BCUT2D eigenvalue weighted by atomic mass is 10.0. The number of nitrogens with zero attached hydrogens (tertiary/aromatic N) is 2. The number of nitrogens with one attached hydrogen (secondary N) is 1. The third kappa shape index (κ3) is 8.55. The Balaban J connectivity index is 1.18. The van der Waals surface area contributed by atoms with Gasteiger partial charge < -0.3 is 15.8 Å². The fourth-order valence-corrected chi connectivity index (χ4v) is 5.61. The predicted octanol–water partition coefficient (Wildman–Crippen LogP) is 4.08. The molecule has 2 aromatic rings. The lowest BCUT2D eigenvalue weighted by Crippen LogP contribution is -2.37. The molecule has 0 unspecified atom stereocenters. The summed E-state index contributed by atoms with van der Waals surface area (Å²) in [4.78, 5) is 28.3. The van der Waals surface area contributed by atoms with Crippen LogP contribution in [-0.2, 0) is 22.7 Å². The van der Waals surface area contributed by atoms with E-state index >= 15 is 0 Å². The van der Waals surface area contributed by atoms with Crippen LogP contribution in [0.1, 0.15) is 50.2 Å². The third-order valence-electron chi connectivity index (χ3n) is 7.41. The Morgan fingerprint density at radius 2 is 1.73 bits per heavy atom. The third-order valence-corrected chi connectivity index (χ3v) is 8.03. The smallest absolute Gasteiger partial charge is 0.220 e. The van der Waals surface area contributed by atoms with Crippen LogP contribution in [-0.4, -0.2) is 59.9 Å². The number of carbonyl (C=O) groups is 2. The molecular weight excluding hydrogens is 532 g/mol. The number of likely N-dealkylation sites (tertiary alicyclic amines) is 2. The maximum atomic E-state index is 12.2. The zero-order valence-corrected chi connectivity index (χ0v) is 23.3. The number of rotatable bonds is 11.